The van der Waals surface area contributed by atoms with Gasteiger partial charge in [0.1, 0.15) is 0 Å². The van der Waals surface area contributed by atoms with Crippen molar-refractivity contribution in [3.05, 3.63) is 0 Å². The lowest BCUT2D eigenvalue weighted by Gasteiger charge is -2.33. The molecule has 3 heterocycles. The van der Waals surface area contributed by atoms with Crippen molar-refractivity contribution >= 4 is 5.91 Å². The second-order valence-corrected chi connectivity index (χ2v) is 8.12. The standard InChI is InChI=1S/C19H35N3O/c1-15-6-2-4-10-22(15)11-5-3-9-20-19(23)14-16-12-17-7-8-18(13-16)21-17/h15-18,21H,2-14H2,1H3,(H,20,23). The Morgan fingerprint density at radius 3 is 2.65 bits per heavy atom. The summed E-state index contributed by atoms with van der Waals surface area (Å²) in [6.45, 7) is 5.69. The van der Waals surface area contributed by atoms with E-state index in [-0.39, 0.29) is 5.91 Å². The highest BCUT2D eigenvalue weighted by Crippen LogP contribution is 2.32. The highest BCUT2D eigenvalue weighted by Gasteiger charge is 2.34. The van der Waals surface area contributed by atoms with Crippen LogP contribution in [0.2, 0.25) is 0 Å². The molecule has 0 spiro atoms. The number of piperidine rings is 2. The van der Waals surface area contributed by atoms with Crippen LogP contribution in [-0.4, -0.2) is 48.6 Å². The Morgan fingerprint density at radius 2 is 1.91 bits per heavy atom. The van der Waals surface area contributed by atoms with Crippen molar-refractivity contribution in [2.45, 2.75) is 89.3 Å². The van der Waals surface area contributed by atoms with Gasteiger partial charge in [-0.2, -0.15) is 0 Å². The van der Waals surface area contributed by atoms with E-state index in [0.717, 1.165) is 25.4 Å². The third-order valence-electron chi connectivity index (χ3n) is 6.18. The van der Waals surface area contributed by atoms with Crippen molar-refractivity contribution in [1.82, 2.24) is 15.5 Å². The summed E-state index contributed by atoms with van der Waals surface area (Å²) in [4.78, 5) is 14.7. The van der Waals surface area contributed by atoms with Crippen molar-refractivity contribution in [2.75, 3.05) is 19.6 Å². The van der Waals surface area contributed by atoms with Gasteiger partial charge in [-0.25, -0.2) is 0 Å². The van der Waals surface area contributed by atoms with Gasteiger partial charge in [0, 0.05) is 31.1 Å². The smallest absolute Gasteiger partial charge is 0.220 e. The second kappa shape index (κ2) is 8.48. The normalized spacial score (nSPS) is 34.5. The Kier molecular flexibility index (Phi) is 6.35. The minimum Gasteiger partial charge on any atom is -0.356 e. The first-order chi connectivity index (χ1) is 11.2. The summed E-state index contributed by atoms with van der Waals surface area (Å²) in [6.07, 6.45) is 12.2. The predicted octanol–water partition coefficient (Wildman–Crippen LogP) is 2.68. The molecule has 3 rings (SSSR count). The van der Waals surface area contributed by atoms with Crippen LogP contribution in [0, 0.1) is 5.92 Å². The SMILES string of the molecule is CC1CCCCN1CCCCNC(=O)CC1CC2CCC(C1)N2. The van der Waals surface area contributed by atoms with Gasteiger partial charge in [-0.05, 0) is 77.3 Å². The number of nitrogens with one attached hydrogen (secondary N) is 2. The molecule has 0 aliphatic carbocycles. The maximum Gasteiger partial charge on any atom is 0.220 e. The number of likely N-dealkylation sites (tertiary alicyclic amines) is 1. The number of hydrogen-bond donors (Lipinski definition) is 2. The van der Waals surface area contributed by atoms with Crippen LogP contribution in [0.4, 0.5) is 0 Å². The lowest BCUT2D eigenvalue weighted by molar-refractivity contribution is -0.122. The van der Waals surface area contributed by atoms with Crippen molar-refractivity contribution in [3.63, 3.8) is 0 Å². The van der Waals surface area contributed by atoms with E-state index >= 15 is 0 Å². The topological polar surface area (TPSA) is 44.4 Å². The van der Waals surface area contributed by atoms with Crippen molar-refractivity contribution < 1.29 is 4.79 Å². The maximum atomic E-state index is 12.1. The first kappa shape index (κ1) is 17.2. The molecule has 0 aromatic heterocycles. The number of nitrogens with zero attached hydrogens (tertiary/aromatic N) is 1. The lowest BCUT2D eigenvalue weighted by Crippen LogP contribution is -2.40. The van der Waals surface area contributed by atoms with Crippen LogP contribution < -0.4 is 10.6 Å². The van der Waals surface area contributed by atoms with E-state index in [1.54, 1.807) is 0 Å². The van der Waals surface area contributed by atoms with Gasteiger partial charge in [0.15, 0.2) is 0 Å². The molecule has 3 aliphatic heterocycles. The van der Waals surface area contributed by atoms with Crippen LogP contribution in [0.3, 0.4) is 0 Å². The van der Waals surface area contributed by atoms with Gasteiger partial charge in [0.05, 0.1) is 0 Å². The molecule has 1 amide bonds. The van der Waals surface area contributed by atoms with Gasteiger partial charge >= 0.3 is 0 Å². The second-order valence-electron chi connectivity index (χ2n) is 8.12. The zero-order valence-electron chi connectivity index (χ0n) is 14.9. The van der Waals surface area contributed by atoms with E-state index in [0.29, 0.717) is 18.0 Å². The maximum absolute atomic E-state index is 12.1. The van der Waals surface area contributed by atoms with Crippen LogP contribution in [0.15, 0.2) is 0 Å². The van der Waals surface area contributed by atoms with Crippen LogP contribution in [0.5, 0.6) is 0 Å². The number of hydrogen-bond acceptors (Lipinski definition) is 3. The van der Waals surface area contributed by atoms with Crippen LogP contribution in [0.25, 0.3) is 0 Å². The summed E-state index contributed by atoms with van der Waals surface area (Å²) in [5.41, 5.74) is 0. The number of unbranched alkanes of at least 4 members (excludes halogenated alkanes) is 1. The Balaban J connectivity index is 1.23. The average molecular weight is 322 g/mol. The van der Waals surface area contributed by atoms with Gasteiger partial charge in [-0.15, -0.1) is 0 Å². The predicted molar refractivity (Wildman–Crippen MR) is 94.4 cm³/mol. The summed E-state index contributed by atoms with van der Waals surface area (Å²) in [6, 6.07) is 2.14. The molecule has 3 atom stereocenters. The third kappa shape index (κ3) is 5.18. The number of fused-ring (bicyclic) bond motifs is 2. The van der Waals surface area contributed by atoms with Crippen molar-refractivity contribution in [1.29, 1.82) is 0 Å². The molecule has 3 aliphatic rings. The largest absolute Gasteiger partial charge is 0.356 e. The highest BCUT2D eigenvalue weighted by molar-refractivity contribution is 5.76. The molecule has 4 nitrogen and oxygen atoms in total. The molecule has 132 valence electrons. The van der Waals surface area contributed by atoms with Gasteiger partial charge in [0.25, 0.3) is 0 Å². The van der Waals surface area contributed by atoms with Gasteiger partial charge < -0.3 is 15.5 Å². The molecule has 2 N–H and O–H groups in total. The minimum absolute atomic E-state index is 0.280. The molecule has 4 heteroatoms. The van der Waals surface area contributed by atoms with E-state index in [4.69, 9.17) is 0 Å². The van der Waals surface area contributed by atoms with Crippen LogP contribution in [0.1, 0.15) is 71.1 Å². The fraction of sp³-hybridized carbons (Fsp3) is 0.947. The summed E-state index contributed by atoms with van der Waals surface area (Å²) in [5.74, 6) is 0.894. The first-order valence-electron chi connectivity index (χ1n) is 9.97. The molecular formula is C19H35N3O. The van der Waals surface area contributed by atoms with Gasteiger partial charge in [-0.1, -0.05) is 6.42 Å². The van der Waals surface area contributed by atoms with Crippen molar-refractivity contribution in [2.24, 2.45) is 5.92 Å². The molecule has 23 heavy (non-hydrogen) atoms. The van der Waals surface area contributed by atoms with E-state index in [1.807, 2.05) is 0 Å². The Bertz CT molecular complexity index is 375. The molecule has 3 unspecified atom stereocenters. The molecule has 3 saturated heterocycles. The highest BCUT2D eigenvalue weighted by atomic mass is 16.1. The monoisotopic (exact) mass is 321 g/mol. The summed E-state index contributed by atoms with van der Waals surface area (Å²) in [5, 5.41) is 6.80. The molecule has 3 fully saturated rings. The Hall–Kier alpha value is -0.610. The van der Waals surface area contributed by atoms with Crippen LogP contribution in [-0.2, 0) is 4.79 Å². The zero-order valence-corrected chi connectivity index (χ0v) is 14.9. The summed E-state index contributed by atoms with van der Waals surface area (Å²) in [7, 11) is 0. The number of carbonyl (C=O) groups excluding carboxylic acids is 1. The Labute approximate surface area is 141 Å². The third-order valence-corrected chi connectivity index (χ3v) is 6.18. The lowest BCUT2D eigenvalue weighted by atomic mass is 9.89. The van der Waals surface area contributed by atoms with E-state index in [2.05, 4.69) is 22.5 Å². The Morgan fingerprint density at radius 1 is 1.13 bits per heavy atom. The van der Waals surface area contributed by atoms with Crippen LogP contribution >= 0.6 is 0 Å². The molecular weight excluding hydrogens is 286 g/mol. The fourth-order valence-electron chi connectivity index (χ4n) is 4.83. The van der Waals surface area contributed by atoms with E-state index < -0.39 is 0 Å². The number of amides is 1. The molecule has 0 aromatic rings. The van der Waals surface area contributed by atoms with E-state index in [9.17, 15) is 4.79 Å². The minimum atomic E-state index is 0.280. The van der Waals surface area contributed by atoms with Gasteiger partial charge in [0.2, 0.25) is 5.91 Å². The average Bonchev–Trinajstić information content (AvgIpc) is 2.87. The zero-order chi connectivity index (χ0) is 16.1. The molecule has 0 aromatic carbocycles. The molecule has 2 bridgehead atoms. The number of rotatable bonds is 7. The molecule has 0 radical (unpaired) electrons. The quantitative estimate of drug-likeness (QED) is 0.709. The summed E-state index contributed by atoms with van der Waals surface area (Å²) < 4.78 is 0. The van der Waals surface area contributed by atoms with E-state index in [1.165, 1.54) is 64.5 Å². The molecule has 0 saturated carbocycles. The fourth-order valence-corrected chi connectivity index (χ4v) is 4.83. The number of carbonyl (C=O) groups is 1. The summed E-state index contributed by atoms with van der Waals surface area (Å²) >= 11 is 0. The van der Waals surface area contributed by atoms with Gasteiger partial charge in [-0.3, -0.25) is 4.79 Å². The first-order valence-corrected chi connectivity index (χ1v) is 9.97. The van der Waals surface area contributed by atoms with Crippen molar-refractivity contribution in [3.8, 4) is 0 Å².